The van der Waals surface area contributed by atoms with Crippen molar-refractivity contribution in [2.75, 3.05) is 6.61 Å². The van der Waals surface area contributed by atoms with Crippen LogP contribution in [0.3, 0.4) is 0 Å². The van der Waals surface area contributed by atoms with Gasteiger partial charge in [0.15, 0.2) is 0 Å². The summed E-state index contributed by atoms with van der Waals surface area (Å²) in [4.78, 5) is 15.8. The summed E-state index contributed by atoms with van der Waals surface area (Å²) in [6.45, 7) is 3.98. The van der Waals surface area contributed by atoms with Gasteiger partial charge in [0.25, 0.3) is 0 Å². The fraction of sp³-hybridized carbons (Fsp3) is 0.333. The molecular formula is C21H24N2O3. The molecule has 0 amide bonds. The zero-order valence-electron chi connectivity index (χ0n) is 15.4. The summed E-state index contributed by atoms with van der Waals surface area (Å²) in [5.41, 5.74) is 2.39. The lowest BCUT2D eigenvalue weighted by Crippen LogP contribution is -2.24. The van der Waals surface area contributed by atoms with Crippen molar-refractivity contribution < 1.29 is 14.6 Å². The number of hydrogen-bond acceptors (Lipinski definition) is 3. The second-order valence-electron chi connectivity index (χ2n) is 7.15. The van der Waals surface area contributed by atoms with Crippen LogP contribution in [0.2, 0.25) is 0 Å². The van der Waals surface area contributed by atoms with Crippen LogP contribution in [0.5, 0.6) is 5.75 Å². The van der Waals surface area contributed by atoms with Gasteiger partial charge < -0.3 is 14.4 Å². The molecule has 136 valence electrons. The molecule has 3 rings (SSSR count). The standard InChI is InChI=1S/C21H24N2O3/c1-21(2,20(24)25)13-6-14-26-16-11-9-15(10-12-16)19-22-17-7-4-5-8-18(17)23(19)3/h4-5,7-12H,6,13-14H2,1-3H3,(H,24,25). The Morgan fingerprint density at radius 1 is 1.15 bits per heavy atom. The summed E-state index contributed by atoms with van der Waals surface area (Å²) in [5, 5.41) is 9.12. The van der Waals surface area contributed by atoms with Crippen molar-refractivity contribution >= 4 is 17.0 Å². The molecule has 1 aromatic heterocycles. The third-order valence-electron chi connectivity index (χ3n) is 4.69. The van der Waals surface area contributed by atoms with Gasteiger partial charge in [-0.1, -0.05) is 12.1 Å². The van der Waals surface area contributed by atoms with Crippen LogP contribution in [-0.4, -0.2) is 27.2 Å². The van der Waals surface area contributed by atoms with Crippen LogP contribution < -0.4 is 4.74 Å². The summed E-state index contributed by atoms with van der Waals surface area (Å²) in [5.74, 6) is 0.922. The predicted molar refractivity (Wildman–Crippen MR) is 102 cm³/mol. The minimum Gasteiger partial charge on any atom is -0.494 e. The quantitative estimate of drug-likeness (QED) is 0.636. The number of ether oxygens (including phenoxy) is 1. The maximum Gasteiger partial charge on any atom is 0.309 e. The smallest absolute Gasteiger partial charge is 0.309 e. The van der Waals surface area contributed by atoms with Crippen molar-refractivity contribution in [1.29, 1.82) is 0 Å². The van der Waals surface area contributed by atoms with E-state index in [2.05, 4.69) is 10.6 Å². The molecule has 5 heteroatoms. The number of para-hydroxylation sites is 2. The van der Waals surface area contributed by atoms with E-state index in [-0.39, 0.29) is 0 Å². The number of fused-ring (bicyclic) bond motifs is 1. The Bertz CT molecular complexity index is 911. The molecule has 0 saturated carbocycles. The summed E-state index contributed by atoms with van der Waals surface area (Å²) in [7, 11) is 2.01. The van der Waals surface area contributed by atoms with E-state index in [1.165, 1.54) is 0 Å². The lowest BCUT2D eigenvalue weighted by atomic mass is 9.88. The lowest BCUT2D eigenvalue weighted by molar-refractivity contribution is -0.147. The fourth-order valence-electron chi connectivity index (χ4n) is 2.92. The molecule has 0 radical (unpaired) electrons. The first kappa shape index (κ1) is 18.0. The molecule has 2 aromatic carbocycles. The largest absolute Gasteiger partial charge is 0.494 e. The Morgan fingerprint density at radius 2 is 1.85 bits per heavy atom. The van der Waals surface area contributed by atoms with E-state index in [0.717, 1.165) is 28.2 Å². The number of aryl methyl sites for hydroxylation is 1. The Morgan fingerprint density at radius 3 is 2.50 bits per heavy atom. The Hall–Kier alpha value is -2.82. The molecule has 3 aromatic rings. The van der Waals surface area contributed by atoms with Crippen LogP contribution in [0.1, 0.15) is 26.7 Å². The minimum atomic E-state index is -0.774. The first-order chi connectivity index (χ1) is 12.4. The van der Waals surface area contributed by atoms with Crippen molar-refractivity contribution in [3.05, 3.63) is 48.5 Å². The molecule has 26 heavy (non-hydrogen) atoms. The monoisotopic (exact) mass is 352 g/mol. The molecule has 0 aliphatic carbocycles. The first-order valence-electron chi connectivity index (χ1n) is 8.76. The Kier molecular flexibility index (Phi) is 4.98. The van der Waals surface area contributed by atoms with Crippen molar-refractivity contribution in [1.82, 2.24) is 9.55 Å². The highest BCUT2D eigenvalue weighted by molar-refractivity contribution is 5.80. The summed E-state index contributed by atoms with van der Waals surface area (Å²) in [6.07, 6.45) is 1.28. The van der Waals surface area contributed by atoms with E-state index >= 15 is 0 Å². The number of carboxylic acids is 1. The van der Waals surface area contributed by atoms with Crippen LogP contribution >= 0.6 is 0 Å². The maximum absolute atomic E-state index is 11.1. The van der Waals surface area contributed by atoms with Crippen LogP contribution in [0.4, 0.5) is 0 Å². The number of carbonyl (C=O) groups is 1. The van der Waals surface area contributed by atoms with Gasteiger partial charge in [0.05, 0.1) is 23.1 Å². The molecule has 5 nitrogen and oxygen atoms in total. The highest BCUT2D eigenvalue weighted by Gasteiger charge is 2.26. The van der Waals surface area contributed by atoms with Crippen LogP contribution in [0, 0.1) is 5.41 Å². The first-order valence-corrected chi connectivity index (χ1v) is 8.76. The fourth-order valence-corrected chi connectivity index (χ4v) is 2.92. The van der Waals surface area contributed by atoms with E-state index in [0.29, 0.717) is 19.4 Å². The Balaban J connectivity index is 1.63. The molecule has 0 aliphatic rings. The summed E-state index contributed by atoms with van der Waals surface area (Å²) >= 11 is 0. The third-order valence-corrected chi connectivity index (χ3v) is 4.69. The van der Waals surface area contributed by atoms with Gasteiger partial charge in [-0.3, -0.25) is 4.79 Å². The van der Waals surface area contributed by atoms with E-state index in [4.69, 9.17) is 14.8 Å². The molecule has 1 heterocycles. The number of carboxylic acid groups (broad SMARTS) is 1. The van der Waals surface area contributed by atoms with E-state index < -0.39 is 11.4 Å². The number of benzene rings is 2. The normalized spacial score (nSPS) is 11.7. The molecule has 1 N–H and O–H groups in total. The van der Waals surface area contributed by atoms with Crippen molar-refractivity contribution in [3.8, 4) is 17.1 Å². The SMILES string of the molecule is Cn1c(-c2ccc(OCCCC(C)(C)C(=O)O)cc2)nc2ccccc21. The molecular weight excluding hydrogens is 328 g/mol. The number of nitrogens with zero attached hydrogens (tertiary/aromatic N) is 2. The van der Waals surface area contributed by atoms with E-state index in [1.807, 2.05) is 49.5 Å². The summed E-state index contributed by atoms with van der Waals surface area (Å²) in [6, 6.07) is 15.9. The molecule has 0 fully saturated rings. The minimum absolute atomic E-state index is 0.502. The third kappa shape index (κ3) is 3.72. The van der Waals surface area contributed by atoms with Crippen LogP contribution in [-0.2, 0) is 11.8 Å². The van der Waals surface area contributed by atoms with Gasteiger partial charge in [0.2, 0.25) is 0 Å². The lowest BCUT2D eigenvalue weighted by Gasteiger charge is -2.18. The number of imidazole rings is 1. The van der Waals surface area contributed by atoms with Crippen LogP contribution in [0.25, 0.3) is 22.4 Å². The number of aliphatic carboxylic acids is 1. The molecule has 0 bridgehead atoms. The topological polar surface area (TPSA) is 64.3 Å². The van der Waals surface area contributed by atoms with Gasteiger partial charge in [-0.2, -0.15) is 0 Å². The number of hydrogen-bond donors (Lipinski definition) is 1. The zero-order chi connectivity index (χ0) is 18.7. The number of aromatic nitrogens is 2. The second kappa shape index (κ2) is 7.20. The highest BCUT2D eigenvalue weighted by atomic mass is 16.5. The number of rotatable bonds is 7. The molecule has 0 spiro atoms. The van der Waals surface area contributed by atoms with Gasteiger partial charge in [0.1, 0.15) is 11.6 Å². The van der Waals surface area contributed by atoms with Crippen molar-refractivity contribution in [2.45, 2.75) is 26.7 Å². The molecule has 0 aliphatic heterocycles. The van der Waals surface area contributed by atoms with Gasteiger partial charge in [-0.25, -0.2) is 4.98 Å². The van der Waals surface area contributed by atoms with Gasteiger partial charge >= 0.3 is 5.97 Å². The van der Waals surface area contributed by atoms with Crippen molar-refractivity contribution in [2.24, 2.45) is 12.5 Å². The predicted octanol–water partition coefficient (Wildman–Crippen LogP) is 4.51. The second-order valence-corrected chi connectivity index (χ2v) is 7.15. The van der Waals surface area contributed by atoms with Crippen molar-refractivity contribution in [3.63, 3.8) is 0 Å². The zero-order valence-corrected chi connectivity index (χ0v) is 15.4. The van der Waals surface area contributed by atoms with Gasteiger partial charge in [-0.15, -0.1) is 0 Å². The van der Waals surface area contributed by atoms with E-state index in [1.54, 1.807) is 13.8 Å². The Labute approximate surface area is 153 Å². The average molecular weight is 352 g/mol. The molecule has 0 saturated heterocycles. The summed E-state index contributed by atoms with van der Waals surface area (Å²) < 4.78 is 7.82. The molecule has 0 unspecified atom stereocenters. The highest BCUT2D eigenvalue weighted by Crippen LogP contribution is 2.26. The van der Waals surface area contributed by atoms with Crippen LogP contribution in [0.15, 0.2) is 48.5 Å². The maximum atomic E-state index is 11.1. The van der Waals surface area contributed by atoms with E-state index in [9.17, 15) is 4.79 Å². The molecule has 0 atom stereocenters. The van der Waals surface area contributed by atoms with Gasteiger partial charge in [0, 0.05) is 12.6 Å². The van der Waals surface area contributed by atoms with Gasteiger partial charge in [-0.05, 0) is 63.1 Å². The average Bonchev–Trinajstić information content (AvgIpc) is 2.96.